The summed E-state index contributed by atoms with van der Waals surface area (Å²) in [7, 11) is 0. The first-order chi connectivity index (χ1) is 26.8. The lowest BCUT2D eigenvalue weighted by atomic mass is 9.89. The summed E-state index contributed by atoms with van der Waals surface area (Å²) in [6.45, 7) is 0. The van der Waals surface area contributed by atoms with Crippen molar-refractivity contribution in [2.24, 2.45) is 0 Å². The van der Waals surface area contributed by atoms with Gasteiger partial charge in [0.1, 0.15) is 11.2 Å². The van der Waals surface area contributed by atoms with Crippen molar-refractivity contribution in [3.63, 3.8) is 0 Å². The second-order valence-electron chi connectivity index (χ2n) is 13.7. The highest BCUT2D eigenvalue weighted by Gasteiger charge is 2.21. The van der Waals surface area contributed by atoms with Crippen LogP contribution >= 0.6 is 11.3 Å². The molecule has 3 heterocycles. The fraction of sp³-hybridized carbons (Fsp3) is 0. The minimum atomic E-state index is 0.693. The Bertz CT molecular complexity index is 3200. The second-order valence-corrected chi connectivity index (χ2v) is 14.7. The molecular formula is C50H30N2OS. The molecule has 252 valence electrons. The molecule has 54 heavy (non-hydrogen) atoms. The molecule has 0 atom stereocenters. The van der Waals surface area contributed by atoms with E-state index in [0.717, 1.165) is 65.5 Å². The fourth-order valence-electron chi connectivity index (χ4n) is 7.97. The molecule has 4 heteroatoms. The lowest BCUT2D eigenvalue weighted by Gasteiger charge is -2.15. The monoisotopic (exact) mass is 706 g/mol. The van der Waals surface area contributed by atoms with Crippen molar-refractivity contribution in [1.29, 1.82) is 0 Å². The Morgan fingerprint density at radius 2 is 1.11 bits per heavy atom. The van der Waals surface area contributed by atoms with Gasteiger partial charge < -0.3 is 4.42 Å². The summed E-state index contributed by atoms with van der Waals surface area (Å²) in [4.78, 5) is 10.6. The van der Waals surface area contributed by atoms with Crippen LogP contribution in [0.5, 0.6) is 0 Å². The number of thiophene rings is 1. The Labute approximate surface area is 315 Å². The second kappa shape index (κ2) is 12.4. The third-order valence-corrected chi connectivity index (χ3v) is 11.7. The van der Waals surface area contributed by atoms with Crippen LogP contribution in [-0.2, 0) is 0 Å². The highest BCUT2D eigenvalue weighted by molar-refractivity contribution is 7.26. The molecule has 0 unspecified atom stereocenters. The molecule has 8 aromatic carbocycles. The molecule has 0 spiro atoms. The van der Waals surface area contributed by atoms with Gasteiger partial charge in [0.15, 0.2) is 5.82 Å². The van der Waals surface area contributed by atoms with Gasteiger partial charge in [-0.1, -0.05) is 158 Å². The molecule has 3 aromatic heterocycles. The average Bonchev–Trinajstić information content (AvgIpc) is 3.82. The molecule has 0 saturated heterocycles. The summed E-state index contributed by atoms with van der Waals surface area (Å²) >= 11 is 1.75. The lowest BCUT2D eigenvalue weighted by molar-refractivity contribution is 0.669. The van der Waals surface area contributed by atoms with Gasteiger partial charge in [-0.2, -0.15) is 0 Å². The first kappa shape index (κ1) is 30.7. The van der Waals surface area contributed by atoms with Crippen LogP contribution in [0.4, 0.5) is 0 Å². The van der Waals surface area contributed by atoms with E-state index in [1.807, 2.05) is 18.2 Å². The molecular weight excluding hydrogens is 677 g/mol. The van der Waals surface area contributed by atoms with E-state index in [-0.39, 0.29) is 0 Å². The van der Waals surface area contributed by atoms with Gasteiger partial charge in [-0.05, 0) is 68.4 Å². The predicted molar refractivity (Wildman–Crippen MR) is 227 cm³/mol. The number of aromatic nitrogens is 2. The average molecular weight is 707 g/mol. The van der Waals surface area contributed by atoms with Gasteiger partial charge in [-0.25, -0.2) is 9.97 Å². The van der Waals surface area contributed by atoms with Crippen LogP contribution in [0.2, 0.25) is 0 Å². The van der Waals surface area contributed by atoms with Crippen LogP contribution < -0.4 is 0 Å². The minimum absolute atomic E-state index is 0.693. The molecule has 0 fully saturated rings. The quantitative estimate of drug-likeness (QED) is 0.179. The van der Waals surface area contributed by atoms with Gasteiger partial charge in [-0.3, -0.25) is 0 Å². The van der Waals surface area contributed by atoms with Crippen molar-refractivity contribution < 1.29 is 4.42 Å². The van der Waals surface area contributed by atoms with Gasteiger partial charge >= 0.3 is 0 Å². The molecule has 3 nitrogen and oxygen atoms in total. The Hall–Kier alpha value is -6.88. The predicted octanol–water partition coefficient (Wildman–Crippen LogP) is 14.2. The van der Waals surface area contributed by atoms with E-state index in [0.29, 0.717) is 5.82 Å². The van der Waals surface area contributed by atoms with Crippen molar-refractivity contribution >= 4 is 64.4 Å². The topological polar surface area (TPSA) is 38.9 Å². The van der Waals surface area contributed by atoms with Gasteiger partial charge in [0.05, 0.1) is 15.9 Å². The molecule has 0 amide bonds. The third kappa shape index (κ3) is 4.96. The van der Waals surface area contributed by atoms with E-state index in [1.165, 1.54) is 37.7 Å². The van der Waals surface area contributed by atoms with Crippen LogP contribution in [0, 0.1) is 0 Å². The Morgan fingerprint density at radius 3 is 1.94 bits per heavy atom. The molecule has 11 aromatic rings. The molecule has 0 N–H and O–H groups in total. The highest BCUT2D eigenvalue weighted by Crippen LogP contribution is 2.44. The van der Waals surface area contributed by atoms with Crippen LogP contribution in [0.15, 0.2) is 186 Å². The van der Waals surface area contributed by atoms with Crippen molar-refractivity contribution in [3.05, 3.63) is 182 Å². The van der Waals surface area contributed by atoms with Gasteiger partial charge in [0.25, 0.3) is 0 Å². The van der Waals surface area contributed by atoms with Gasteiger partial charge in [-0.15, -0.1) is 11.3 Å². The van der Waals surface area contributed by atoms with Crippen LogP contribution in [0.1, 0.15) is 0 Å². The van der Waals surface area contributed by atoms with Crippen molar-refractivity contribution in [1.82, 2.24) is 9.97 Å². The maximum Gasteiger partial charge on any atom is 0.161 e. The summed E-state index contributed by atoms with van der Waals surface area (Å²) in [5.74, 6) is 0.693. The number of nitrogens with zero attached hydrogens (tertiary/aromatic N) is 2. The SMILES string of the molecule is c1ccc(-c2ccc(-c3c(-c4ccc5c(c4)oc4cccc(-c6nc(-c7ccccc7)c7sc8ccccc8c7n6)c45)ccc4ccccc34)cc2)cc1. The molecule has 0 radical (unpaired) electrons. The van der Waals surface area contributed by atoms with Crippen LogP contribution in [-0.4, -0.2) is 9.97 Å². The summed E-state index contributed by atoms with van der Waals surface area (Å²) < 4.78 is 8.98. The summed E-state index contributed by atoms with van der Waals surface area (Å²) in [5, 5.41) is 5.64. The number of hydrogen-bond donors (Lipinski definition) is 0. The molecule has 0 aliphatic rings. The van der Waals surface area contributed by atoms with Crippen molar-refractivity contribution in [2.75, 3.05) is 0 Å². The van der Waals surface area contributed by atoms with Crippen molar-refractivity contribution in [3.8, 4) is 56.0 Å². The highest BCUT2D eigenvalue weighted by atomic mass is 32.1. The molecule has 0 saturated carbocycles. The maximum atomic E-state index is 6.68. The minimum Gasteiger partial charge on any atom is -0.456 e. The number of hydrogen-bond acceptors (Lipinski definition) is 4. The van der Waals surface area contributed by atoms with E-state index in [2.05, 4.69) is 164 Å². The Balaban J connectivity index is 1.09. The number of benzene rings is 8. The van der Waals surface area contributed by atoms with Crippen molar-refractivity contribution in [2.45, 2.75) is 0 Å². The Kier molecular flexibility index (Phi) is 7.04. The zero-order chi connectivity index (χ0) is 35.6. The smallest absolute Gasteiger partial charge is 0.161 e. The van der Waals surface area contributed by atoms with Crippen LogP contribution in [0.25, 0.3) is 109 Å². The zero-order valence-electron chi connectivity index (χ0n) is 29.0. The molecule has 0 aliphatic carbocycles. The standard InChI is InChI=1S/C50H30N2OS/c1-3-12-31(13-4-1)32-22-24-34(25-23-32)45-37-17-8-7-14-33(37)26-28-38(45)36-27-29-39-43(30-36)53-42-20-11-19-41(46(39)42)50-51-47(35-15-5-2-6-16-35)49-48(52-50)40-18-9-10-21-44(40)54-49/h1-30H. The molecule has 0 bridgehead atoms. The number of fused-ring (bicyclic) bond motifs is 7. The summed E-state index contributed by atoms with van der Waals surface area (Å²) in [5.41, 5.74) is 12.7. The first-order valence-electron chi connectivity index (χ1n) is 18.2. The fourth-order valence-corrected chi connectivity index (χ4v) is 9.12. The van der Waals surface area contributed by atoms with E-state index in [1.54, 1.807) is 11.3 Å². The van der Waals surface area contributed by atoms with Gasteiger partial charge in [0.2, 0.25) is 0 Å². The maximum absolute atomic E-state index is 6.68. The molecule has 0 aliphatic heterocycles. The lowest BCUT2D eigenvalue weighted by Crippen LogP contribution is -1.94. The van der Waals surface area contributed by atoms with Crippen LogP contribution in [0.3, 0.4) is 0 Å². The molecule has 11 rings (SSSR count). The number of rotatable bonds is 5. The normalized spacial score (nSPS) is 11.7. The zero-order valence-corrected chi connectivity index (χ0v) is 29.8. The van der Waals surface area contributed by atoms with Gasteiger partial charge in [0, 0.05) is 32.0 Å². The van der Waals surface area contributed by atoms with E-state index in [9.17, 15) is 0 Å². The van der Waals surface area contributed by atoms with E-state index >= 15 is 0 Å². The summed E-state index contributed by atoms with van der Waals surface area (Å²) in [6, 6.07) is 64.4. The summed E-state index contributed by atoms with van der Waals surface area (Å²) in [6.07, 6.45) is 0. The third-order valence-electron chi connectivity index (χ3n) is 10.5. The largest absolute Gasteiger partial charge is 0.456 e. The van der Waals surface area contributed by atoms with E-state index in [4.69, 9.17) is 14.4 Å². The van der Waals surface area contributed by atoms with E-state index < -0.39 is 0 Å². The first-order valence-corrected chi connectivity index (χ1v) is 19.0. The number of furan rings is 1. The Morgan fingerprint density at radius 1 is 0.426 bits per heavy atom.